The van der Waals surface area contributed by atoms with Crippen molar-refractivity contribution < 1.29 is 18.3 Å². The van der Waals surface area contributed by atoms with E-state index in [2.05, 4.69) is 9.80 Å². The summed E-state index contributed by atoms with van der Waals surface area (Å²) in [5.74, 6) is -1.13. The molecule has 0 radical (unpaired) electrons. The number of likely N-dealkylation sites (tertiary alicyclic amines) is 2. The fourth-order valence-electron chi connectivity index (χ4n) is 4.81. The highest BCUT2D eigenvalue weighted by atomic mass is 32.1. The summed E-state index contributed by atoms with van der Waals surface area (Å²) in [5.41, 5.74) is 0. The summed E-state index contributed by atoms with van der Waals surface area (Å²) in [5, 5.41) is 0.289. The molecule has 3 heterocycles. The van der Waals surface area contributed by atoms with Crippen LogP contribution in [0.25, 0.3) is 10.1 Å². The summed E-state index contributed by atoms with van der Waals surface area (Å²) >= 11 is 1.26. The largest absolute Gasteiger partial charge is 0.487 e. The van der Waals surface area contributed by atoms with Gasteiger partial charge in [-0.25, -0.2) is 8.78 Å². The predicted molar refractivity (Wildman–Crippen MR) is 127 cm³/mol. The molecule has 0 aliphatic carbocycles. The second kappa shape index (κ2) is 11.6. The molecule has 0 N–H and O–H groups in total. The number of fused-ring (bicyclic) bond motifs is 1. The topological polar surface area (TPSA) is 24.9 Å². The molecule has 0 saturated carbocycles. The van der Waals surface area contributed by atoms with E-state index in [1.165, 1.54) is 49.9 Å². The van der Waals surface area contributed by atoms with Crippen molar-refractivity contribution >= 4 is 21.4 Å². The van der Waals surface area contributed by atoms with E-state index in [1.54, 1.807) is 6.07 Å². The van der Waals surface area contributed by atoms with Crippen molar-refractivity contribution in [2.45, 2.75) is 58.3 Å². The lowest BCUT2D eigenvalue weighted by Gasteiger charge is -2.26. The van der Waals surface area contributed by atoms with Crippen molar-refractivity contribution in [1.29, 1.82) is 0 Å². The molecule has 0 unspecified atom stereocenters. The predicted octanol–water partition coefficient (Wildman–Crippen LogP) is 6.00. The molecule has 2 fully saturated rings. The normalized spacial score (nSPS) is 18.3. The molecule has 7 heteroatoms. The van der Waals surface area contributed by atoms with Gasteiger partial charge >= 0.3 is 0 Å². The molecule has 4 nitrogen and oxygen atoms in total. The highest BCUT2D eigenvalue weighted by Gasteiger charge is 2.25. The average Bonchev–Trinajstić information content (AvgIpc) is 3.22. The summed E-state index contributed by atoms with van der Waals surface area (Å²) in [7, 11) is 0. The third-order valence-electron chi connectivity index (χ3n) is 6.52. The first-order valence-electron chi connectivity index (χ1n) is 12.2. The first-order chi connectivity index (χ1) is 15.6. The van der Waals surface area contributed by atoms with Crippen molar-refractivity contribution in [2.75, 3.05) is 52.5 Å². The monoisotopic (exact) mass is 466 g/mol. The Hall–Kier alpha value is -1.44. The van der Waals surface area contributed by atoms with Crippen molar-refractivity contribution in [3.63, 3.8) is 0 Å². The van der Waals surface area contributed by atoms with Crippen LogP contribution in [0.5, 0.6) is 11.5 Å². The Morgan fingerprint density at radius 1 is 0.781 bits per heavy atom. The van der Waals surface area contributed by atoms with Gasteiger partial charge in [-0.05, 0) is 77.7 Å². The van der Waals surface area contributed by atoms with Crippen molar-refractivity contribution in [1.82, 2.24) is 9.80 Å². The van der Waals surface area contributed by atoms with E-state index in [-0.39, 0.29) is 16.9 Å². The minimum atomic E-state index is -0.505. The number of rotatable bonds is 10. The molecular weight excluding hydrogens is 430 g/mol. The fourth-order valence-corrected chi connectivity index (χ4v) is 5.75. The number of piperidine rings is 2. The molecule has 0 bridgehead atoms. The second-order valence-corrected chi connectivity index (χ2v) is 10.4. The van der Waals surface area contributed by atoms with Crippen LogP contribution < -0.4 is 9.47 Å². The van der Waals surface area contributed by atoms with Gasteiger partial charge in [0.25, 0.3) is 0 Å². The van der Waals surface area contributed by atoms with Crippen molar-refractivity contribution in [3.05, 3.63) is 22.6 Å². The fraction of sp³-hybridized carbons (Fsp3) is 0.680. The Morgan fingerprint density at radius 2 is 1.28 bits per heavy atom. The number of hydrogen-bond acceptors (Lipinski definition) is 5. The molecule has 32 heavy (non-hydrogen) atoms. The second-order valence-electron chi connectivity index (χ2n) is 9.09. The van der Waals surface area contributed by atoms with Crippen LogP contribution in [0.3, 0.4) is 0 Å². The molecule has 2 aliphatic heterocycles. The maximum Gasteiger partial charge on any atom is 0.201 e. The number of hydrogen-bond donors (Lipinski definition) is 0. The number of ether oxygens (including phenoxy) is 2. The summed E-state index contributed by atoms with van der Waals surface area (Å²) in [6.07, 6.45) is 9.14. The van der Waals surface area contributed by atoms with Crippen LogP contribution in [-0.4, -0.2) is 62.3 Å². The lowest BCUT2D eigenvalue weighted by molar-refractivity contribution is 0.189. The van der Waals surface area contributed by atoms with Gasteiger partial charge in [-0.15, -0.1) is 11.3 Å². The van der Waals surface area contributed by atoms with Crippen LogP contribution in [0, 0.1) is 18.6 Å². The highest BCUT2D eigenvalue weighted by molar-refractivity contribution is 7.19. The summed E-state index contributed by atoms with van der Waals surface area (Å²) in [6, 6.07) is 1.69. The molecule has 1 aromatic heterocycles. The van der Waals surface area contributed by atoms with Gasteiger partial charge in [-0.2, -0.15) is 0 Å². The Labute approximate surface area is 194 Å². The van der Waals surface area contributed by atoms with E-state index in [9.17, 15) is 0 Å². The Bertz CT molecular complexity index is 808. The van der Waals surface area contributed by atoms with E-state index >= 15 is 8.78 Å². The average molecular weight is 467 g/mol. The number of nitrogens with zero attached hydrogens (tertiary/aromatic N) is 2. The molecular formula is C25H36F2N2O2S. The van der Waals surface area contributed by atoms with Gasteiger partial charge in [0.1, 0.15) is 0 Å². The minimum Gasteiger partial charge on any atom is -0.487 e. The van der Waals surface area contributed by atoms with Crippen LogP contribution in [0.15, 0.2) is 6.07 Å². The molecule has 2 saturated heterocycles. The van der Waals surface area contributed by atoms with E-state index in [4.69, 9.17) is 9.47 Å². The third kappa shape index (κ3) is 5.91. The Kier molecular flexibility index (Phi) is 8.61. The standard InChI is InChI=1S/C25H36F2N2O2S/c1-19-18-20-21(26)23(30-16-8-14-28-10-4-2-5-11-28)24(22(27)25(20)32-19)31-17-9-15-29-12-6-3-7-13-29/h18H,2-17H2,1H3. The molecule has 1 aromatic carbocycles. The Balaban J connectivity index is 1.40. The third-order valence-corrected chi connectivity index (χ3v) is 7.57. The summed E-state index contributed by atoms with van der Waals surface area (Å²) in [6.45, 7) is 8.90. The first kappa shape index (κ1) is 23.7. The van der Waals surface area contributed by atoms with Crippen molar-refractivity contribution in [2.24, 2.45) is 0 Å². The van der Waals surface area contributed by atoms with E-state index in [1.807, 2.05) is 6.92 Å². The van der Waals surface area contributed by atoms with Gasteiger partial charge in [-0.3, -0.25) is 0 Å². The van der Waals surface area contributed by atoms with Crippen LogP contribution >= 0.6 is 11.3 Å². The van der Waals surface area contributed by atoms with Crippen molar-refractivity contribution in [3.8, 4) is 11.5 Å². The quantitative estimate of drug-likeness (QED) is 0.401. The van der Waals surface area contributed by atoms with Crippen LogP contribution in [-0.2, 0) is 0 Å². The van der Waals surface area contributed by atoms with Crippen LogP contribution in [0.4, 0.5) is 8.78 Å². The highest BCUT2D eigenvalue weighted by Crippen LogP contribution is 2.43. The van der Waals surface area contributed by atoms with E-state index in [0.717, 1.165) is 57.0 Å². The molecule has 0 atom stereocenters. The van der Waals surface area contributed by atoms with Crippen LogP contribution in [0.1, 0.15) is 56.2 Å². The Morgan fingerprint density at radius 3 is 1.81 bits per heavy atom. The lowest BCUT2D eigenvalue weighted by Crippen LogP contribution is -2.31. The minimum absolute atomic E-state index is 0.0616. The SMILES string of the molecule is Cc1cc2c(F)c(OCCCN3CCCCC3)c(OCCCN3CCCCC3)c(F)c2s1. The maximum atomic E-state index is 15.3. The molecule has 178 valence electrons. The smallest absolute Gasteiger partial charge is 0.201 e. The number of thiophene rings is 1. The van der Waals surface area contributed by atoms with Gasteiger partial charge in [0.2, 0.25) is 11.5 Å². The van der Waals surface area contributed by atoms with Gasteiger partial charge in [0.05, 0.1) is 17.9 Å². The molecule has 0 amide bonds. The van der Waals surface area contributed by atoms with Crippen LogP contribution in [0.2, 0.25) is 0 Å². The van der Waals surface area contributed by atoms with Gasteiger partial charge in [-0.1, -0.05) is 12.8 Å². The van der Waals surface area contributed by atoms with E-state index in [0.29, 0.717) is 17.9 Å². The zero-order chi connectivity index (χ0) is 22.3. The van der Waals surface area contributed by atoms with Gasteiger partial charge < -0.3 is 19.3 Å². The lowest BCUT2D eigenvalue weighted by atomic mass is 10.1. The number of aryl methyl sites for hydroxylation is 1. The summed E-state index contributed by atoms with van der Waals surface area (Å²) in [4.78, 5) is 5.72. The zero-order valence-electron chi connectivity index (χ0n) is 19.3. The maximum absolute atomic E-state index is 15.3. The van der Waals surface area contributed by atoms with E-state index < -0.39 is 11.6 Å². The zero-order valence-corrected chi connectivity index (χ0v) is 20.1. The van der Waals surface area contributed by atoms with Gasteiger partial charge in [0, 0.05) is 23.4 Å². The molecule has 2 aliphatic rings. The molecule has 2 aromatic rings. The first-order valence-corrected chi connectivity index (χ1v) is 13.1. The molecule has 0 spiro atoms. The molecule has 4 rings (SSSR count). The summed E-state index contributed by atoms with van der Waals surface area (Å²) < 4.78 is 42.6. The van der Waals surface area contributed by atoms with Gasteiger partial charge in [0.15, 0.2) is 11.6 Å². The number of halogens is 2. The number of benzene rings is 1.